The van der Waals surface area contributed by atoms with Crippen LogP contribution in [0.1, 0.15) is 35.7 Å². The van der Waals surface area contributed by atoms with Crippen LogP contribution in [0.5, 0.6) is 5.75 Å². The normalized spacial score (nSPS) is 32.1. The van der Waals surface area contributed by atoms with E-state index in [0.717, 1.165) is 0 Å². The molecule has 5 atom stereocenters. The molecule has 0 saturated heterocycles. The maximum Gasteiger partial charge on any atom is 0.230 e. The van der Waals surface area contributed by atoms with Gasteiger partial charge in [0.2, 0.25) is 11.8 Å². The Hall–Kier alpha value is -3.24. The molecule has 0 heterocycles. The van der Waals surface area contributed by atoms with E-state index in [4.69, 9.17) is 5.73 Å². The molecule has 7 N–H and O–H groups in total. The van der Waals surface area contributed by atoms with Crippen molar-refractivity contribution in [3.8, 4) is 5.75 Å². The summed E-state index contributed by atoms with van der Waals surface area (Å²) in [6.07, 6.45) is -1.23. The lowest BCUT2D eigenvalue weighted by molar-refractivity contribution is -0.167. The minimum absolute atomic E-state index is 0.0104. The van der Waals surface area contributed by atoms with Gasteiger partial charge in [0.1, 0.15) is 11.7 Å². The molecule has 1 aromatic rings. The number of amides is 2. The van der Waals surface area contributed by atoms with Crippen molar-refractivity contribution in [2.45, 2.75) is 37.9 Å². The van der Waals surface area contributed by atoms with E-state index < -0.39 is 64.3 Å². The molecule has 3 aliphatic rings. The van der Waals surface area contributed by atoms with Crippen LogP contribution in [0.3, 0.4) is 0 Å². The molecular weight excluding hydrogens is 408 g/mol. The number of carbonyl (C=O) groups excluding carboxylic acids is 4. The van der Waals surface area contributed by atoms with Crippen molar-refractivity contribution in [2.24, 2.45) is 23.5 Å². The second-order valence-electron chi connectivity index (χ2n) is 8.42. The number of phenolic OH excluding ortho intramolecular Hbond substituents is 1. The number of rotatable bonds is 2. The molecule has 0 aliphatic heterocycles. The van der Waals surface area contributed by atoms with Crippen LogP contribution in [0.15, 0.2) is 23.5 Å². The lowest BCUT2D eigenvalue weighted by Gasteiger charge is -2.48. The summed E-state index contributed by atoms with van der Waals surface area (Å²) < 4.78 is 0. The first kappa shape index (κ1) is 21.0. The summed E-state index contributed by atoms with van der Waals surface area (Å²) in [7, 11) is 0. The van der Waals surface area contributed by atoms with Gasteiger partial charge >= 0.3 is 0 Å². The highest BCUT2D eigenvalue weighted by Crippen LogP contribution is 2.52. The van der Waals surface area contributed by atoms with E-state index in [1.165, 1.54) is 13.0 Å². The van der Waals surface area contributed by atoms with Gasteiger partial charge in [0, 0.05) is 18.4 Å². The van der Waals surface area contributed by atoms with E-state index in [9.17, 15) is 39.6 Å². The van der Waals surface area contributed by atoms with Gasteiger partial charge in [-0.1, -0.05) is 6.07 Å². The van der Waals surface area contributed by atoms with Gasteiger partial charge in [-0.3, -0.25) is 19.2 Å². The summed E-state index contributed by atoms with van der Waals surface area (Å²) in [5.74, 6) is -8.09. The number of hydrogen-bond acceptors (Lipinski definition) is 8. The number of carbonyl (C=O) groups is 4. The summed E-state index contributed by atoms with van der Waals surface area (Å²) in [4.78, 5) is 49.2. The molecule has 3 aliphatic carbocycles. The van der Waals surface area contributed by atoms with Crippen LogP contribution in [0.2, 0.25) is 0 Å². The molecule has 1 aromatic carbocycles. The zero-order valence-electron chi connectivity index (χ0n) is 16.6. The quantitative estimate of drug-likeness (QED) is 0.272. The molecule has 10 heteroatoms. The van der Waals surface area contributed by atoms with Crippen LogP contribution < -0.4 is 11.1 Å². The Morgan fingerprint density at radius 2 is 1.87 bits per heavy atom. The predicted molar refractivity (Wildman–Crippen MR) is 105 cm³/mol. The van der Waals surface area contributed by atoms with Crippen molar-refractivity contribution in [1.82, 2.24) is 0 Å². The van der Waals surface area contributed by atoms with E-state index in [0.29, 0.717) is 5.56 Å². The first-order valence-corrected chi connectivity index (χ1v) is 9.83. The topological polar surface area (TPSA) is 187 Å². The number of phenols is 1. The molecule has 4 rings (SSSR count). The standard InChI is InChI=1S/C21H22N2O8/c1-7(24)23-11-3-2-8-4-9-5-10-6-12(25)15(20(22)30)19(29)21(10,31)18(28)14(9)17(27)13(8)16(11)26/h2-3,9-10,12,15,25-26,28,31H,4-6H2,1H3,(H2,22,30)(H,23,24)/t9-,10-,12?,15?,21-/m0/s1. The fourth-order valence-corrected chi connectivity index (χ4v) is 5.19. The summed E-state index contributed by atoms with van der Waals surface area (Å²) in [6.45, 7) is 1.24. The SMILES string of the molecule is CC(=O)Nc1ccc2c(c1O)C(=O)C1=C(O)[C@]3(O)C(=O)C(C(N)=O)C(O)C[C@@H]3C[C@@H]1C2. The Morgan fingerprint density at radius 3 is 2.48 bits per heavy atom. The number of fused-ring (bicyclic) bond motifs is 3. The molecule has 31 heavy (non-hydrogen) atoms. The zero-order chi connectivity index (χ0) is 22.8. The first-order chi connectivity index (χ1) is 14.5. The van der Waals surface area contributed by atoms with Gasteiger partial charge < -0.3 is 31.5 Å². The van der Waals surface area contributed by atoms with Crippen molar-refractivity contribution in [3.05, 3.63) is 34.6 Å². The Balaban J connectivity index is 1.85. The van der Waals surface area contributed by atoms with Crippen molar-refractivity contribution in [1.29, 1.82) is 0 Å². The van der Waals surface area contributed by atoms with E-state index in [1.54, 1.807) is 6.07 Å². The van der Waals surface area contributed by atoms with Crippen LogP contribution in [0.4, 0.5) is 5.69 Å². The molecule has 2 unspecified atom stereocenters. The van der Waals surface area contributed by atoms with E-state index in [1.807, 2.05) is 0 Å². The number of nitrogens with one attached hydrogen (secondary N) is 1. The average molecular weight is 430 g/mol. The fraction of sp³-hybridized carbons (Fsp3) is 0.429. The van der Waals surface area contributed by atoms with Gasteiger partial charge in [-0.15, -0.1) is 0 Å². The molecule has 0 spiro atoms. The molecule has 164 valence electrons. The largest absolute Gasteiger partial charge is 0.508 e. The summed E-state index contributed by atoms with van der Waals surface area (Å²) in [5.41, 5.74) is 2.80. The number of Topliss-reactive ketones (excluding diaryl/α,β-unsaturated/α-hetero) is 2. The predicted octanol–water partition coefficient (Wildman–Crippen LogP) is -0.296. The van der Waals surface area contributed by atoms with Crippen LogP contribution in [0.25, 0.3) is 0 Å². The van der Waals surface area contributed by atoms with Gasteiger partial charge in [-0.05, 0) is 36.8 Å². The lowest BCUT2D eigenvalue weighted by Crippen LogP contribution is -2.63. The molecule has 2 amide bonds. The number of anilines is 1. The number of primary amides is 1. The Kier molecular flexibility index (Phi) is 4.67. The molecule has 0 aromatic heterocycles. The minimum atomic E-state index is -2.54. The summed E-state index contributed by atoms with van der Waals surface area (Å²) >= 11 is 0. The van der Waals surface area contributed by atoms with Crippen LogP contribution in [0, 0.1) is 17.8 Å². The van der Waals surface area contributed by atoms with Crippen molar-refractivity contribution in [2.75, 3.05) is 5.32 Å². The lowest BCUT2D eigenvalue weighted by atomic mass is 9.58. The van der Waals surface area contributed by atoms with Gasteiger partial charge in [-0.2, -0.15) is 0 Å². The minimum Gasteiger partial charge on any atom is -0.508 e. The third-order valence-electron chi connectivity index (χ3n) is 6.57. The maximum absolute atomic E-state index is 13.3. The molecule has 10 nitrogen and oxygen atoms in total. The number of aromatic hydroxyl groups is 1. The number of nitrogens with two attached hydrogens (primary N) is 1. The van der Waals surface area contributed by atoms with E-state index >= 15 is 0 Å². The third kappa shape index (κ3) is 2.86. The molecule has 1 fully saturated rings. The number of aliphatic hydroxyl groups is 3. The third-order valence-corrected chi connectivity index (χ3v) is 6.57. The number of benzene rings is 1. The van der Waals surface area contributed by atoms with Gasteiger partial charge in [0.15, 0.2) is 22.9 Å². The highest BCUT2D eigenvalue weighted by Gasteiger charge is 2.62. The Morgan fingerprint density at radius 1 is 1.19 bits per heavy atom. The smallest absolute Gasteiger partial charge is 0.230 e. The number of ketones is 2. The highest BCUT2D eigenvalue weighted by molar-refractivity contribution is 6.16. The maximum atomic E-state index is 13.3. The van der Waals surface area contributed by atoms with E-state index in [2.05, 4.69) is 5.32 Å². The van der Waals surface area contributed by atoms with Crippen molar-refractivity contribution < 1.29 is 39.6 Å². The van der Waals surface area contributed by atoms with Crippen LogP contribution >= 0.6 is 0 Å². The van der Waals surface area contributed by atoms with E-state index in [-0.39, 0.29) is 36.1 Å². The molecular formula is C21H22N2O8. The molecule has 1 saturated carbocycles. The molecule has 0 radical (unpaired) electrons. The van der Waals surface area contributed by atoms with Gasteiger partial charge in [-0.25, -0.2) is 0 Å². The van der Waals surface area contributed by atoms with Gasteiger partial charge in [0.25, 0.3) is 0 Å². The fourth-order valence-electron chi connectivity index (χ4n) is 5.19. The molecule has 0 bridgehead atoms. The number of allylic oxidation sites excluding steroid dienone is 1. The second-order valence-corrected chi connectivity index (χ2v) is 8.42. The first-order valence-electron chi connectivity index (χ1n) is 9.83. The number of aliphatic hydroxyl groups excluding tert-OH is 2. The van der Waals surface area contributed by atoms with Crippen LogP contribution in [-0.4, -0.2) is 55.5 Å². The Bertz CT molecular complexity index is 1080. The monoisotopic (exact) mass is 430 g/mol. The van der Waals surface area contributed by atoms with Gasteiger partial charge in [0.05, 0.1) is 17.4 Å². The van der Waals surface area contributed by atoms with Crippen LogP contribution in [-0.2, 0) is 20.8 Å². The summed E-state index contributed by atoms with van der Waals surface area (Å²) in [5, 5.41) is 45.3. The Labute approximate surface area is 176 Å². The summed E-state index contributed by atoms with van der Waals surface area (Å²) in [6, 6.07) is 3.04. The second kappa shape index (κ2) is 6.89. The van der Waals surface area contributed by atoms with Crippen molar-refractivity contribution in [3.63, 3.8) is 0 Å². The zero-order valence-corrected chi connectivity index (χ0v) is 16.6. The van der Waals surface area contributed by atoms with Crippen molar-refractivity contribution >= 4 is 29.1 Å². The highest BCUT2D eigenvalue weighted by atomic mass is 16.3. The number of hydrogen-bond donors (Lipinski definition) is 6. The average Bonchev–Trinajstić information content (AvgIpc) is 2.66.